The van der Waals surface area contributed by atoms with Crippen LogP contribution in [0, 0.1) is 0 Å². The average molecular weight is 997 g/mol. The zero-order valence-corrected chi connectivity index (χ0v) is 44.0. The van der Waals surface area contributed by atoms with Gasteiger partial charge in [0.25, 0.3) is 0 Å². The Labute approximate surface area is 448 Å². The molecule has 0 atom stereocenters. The molecular weight excluding hydrogens is 941 g/mol. The number of phenolic OH excluding ortho intramolecular Hbond substituents is 1. The SMILES string of the molecule is CC(C)(C)c1cc(-c2cc(-c3ccccc3)ccn2)cc(-c2cccc3c2nc(-c2c(O)c(C(C)(C)C)cc4c2oc2nc(-c5ccc(-c6ccccc6)c6ccccc56)ccc24)n3-c2ccccc2-c2ccccc2)c1. The normalized spacial score (nSPS) is 12.1. The highest BCUT2D eigenvalue weighted by Crippen LogP contribution is 2.49. The van der Waals surface area contributed by atoms with Gasteiger partial charge < -0.3 is 9.52 Å². The fraction of sp³-hybridized carbons (Fsp3) is 0.113. The zero-order chi connectivity index (χ0) is 52.6. The van der Waals surface area contributed by atoms with Gasteiger partial charge in [0.1, 0.15) is 11.3 Å². The smallest absolute Gasteiger partial charge is 0.227 e. The molecule has 1 N–H and O–H groups in total. The van der Waals surface area contributed by atoms with E-state index in [2.05, 4.69) is 246 Å². The molecule has 0 aliphatic carbocycles. The lowest BCUT2D eigenvalue weighted by molar-refractivity contribution is 0.448. The van der Waals surface area contributed by atoms with Gasteiger partial charge in [-0.2, -0.15) is 0 Å². The van der Waals surface area contributed by atoms with Gasteiger partial charge in [-0.25, -0.2) is 9.97 Å². The van der Waals surface area contributed by atoms with Gasteiger partial charge in [0, 0.05) is 44.8 Å². The van der Waals surface area contributed by atoms with Gasteiger partial charge in [0.15, 0.2) is 11.4 Å². The third kappa shape index (κ3) is 8.34. The molecule has 0 spiro atoms. The summed E-state index contributed by atoms with van der Waals surface area (Å²) in [7, 11) is 0. The van der Waals surface area contributed by atoms with Crippen LogP contribution >= 0.6 is 0 Å². The van der Waals surface area contributed by atoms with E-state index >= 15 is 0 Å². The Morgan fingerprint density at radius 3 is 1.77 bits per heavy atom. The van der Waals surface area contributed by atoms with Gasteiger partial charge in [-0.3, -0.25) is 9.55 Å². The predicted octanol–water partition coefficient (Wildman–Crippen LogP) is 18.8. The van der Waals surface area contributed by atoms with E-state index in [9.17, 15) is 5.11 Å². The number of fused-ring (bicyclic) bond motifs is 5. The second-order valence-corrected chi connectivity index (χ2v) is 22.2. The highest BCUT2D eigenvalue weighted by atomic mass is 16.3. The molecule has 0 aliphatic rings. The Morgan fingerprint density at radius 2 is 1.05 bits per heavy atom. The third-order valence-electron chi connectivity index (χ3n) is 15.1. The van der Waals surface area contributed by atoms with Gasteiger partial charge in [-0.05, 0) is 115 Å². The number of furan rings is 1. The van der Waals surface area contributed by atoms with Crippen LogP contribution in [-0.2, 0) is 10.8 Å². The highest BCUT2D eigenvalue weighted by Gasteiger charge is 2.31. The van der Waals surface area contributed by atoms with Crippen molar-refractivity contribution in [3.05, 3.63) is 236 Å². The third-order valence-corrected chi connectivity index (χ3v) is 15.1. The molecule has 0 saturated carbocycles. The van der Waals surface area contributed by atoms with Crippen LogP contribution < -0.4 is 0 Å². The summed E-state index contributed by atoms with van der Waals surface area (Å²) in [5, 5.41) is 17.0. The molecule has 6 heteroatoms. The van der Waals surface area contributed by atoms with Crippen molar-refractivity contribution in [2.75, 3.05) is 0 Å². The van der Waals surface area contributed by atoms with Crippen molar-refractivity contribution in [3.63, 3.8) is 0 Å². The Kier molecular flexibility index (Phi) is 11.4. The van der Waals surface area contributed by atoms with Crippen LogP contribution in [0.5, 0.6) is 5.75 Å². The summed E-state index contributed by atoms with van der Waals surface area (Å²) >= 11 is 0. The summed E-state index contributed by atoms with van der Waals surface area (Å²) in [5.74, 6) is 0.666. The number of imidazole rings is 1. The van der Waals surface area contributed by atoms with Crippen LogP contribution in [0.25, 0.3) is 128 Å². The lowest BCUT2D eigenvalue weighted by Crippen LogP contribution is -2.12. The van der Waals surface area contributed by atoms with Crippen molar-refractivity contribution < 1.29 is 9.52 Å². The topological polar surface area (TPSA) is 77.0 Å². The Balaban J connectivity index is 1.07. The second kappa shape index (κ2) is 18.5. The molecule has 9 aromatic carbocycles. The van der Waals surface area contributed by atoms with Crippen molar-refractivity contribution in [2.45, 2.75) is 52.4 Å². The predicted molar refractivity (Wildman–Crippen MR) is 319 cm³/mol. The molecule has 0 unspecified atom stereocenters. The minimum absolute atomic E-state index is 0.114. The largest absolute Gasteiger partial charge is 0.507 e. The van der Waals surface area contributed by atoms with Crippen LogP contribution in [0.4, 0.5) is 0 Å². The van der Waals surface area contributed by atoms with Crippen molar-refractivity contribution >= 4 is 43.9 Å². The number of pyridine rings is 2. The number of rotatable bonds is 8. The second-order valence-electron chi connectivity index (χ2n) is 22.2. The van der Waals surface area contributed by atoms with Crippen molar-refractivity contribution in [2.24, 2.45) is 0 Å². The zero-order valence-electron chi connectivity index (χ0n) is 44.0. The average Bonchev–Trinajstić information content (AvgIpc) is 4.16. The van der Waals surface area contributed by atoms with E-state index in [1.165, 1.54) is 5.56 Å². The minimum Gasteiger partial charge on any atom is -0.507 e. The van der Waals surface area contributed by atoms with E-state index in [1.54, 1.807) is 0 Å². The number of phenols is 1. The lowest BCUT2D eigenvalue weighted by atomic mass is 9.83. The molecule has 372 valence electrons. The summed E-state index contributed by atoms with van der Waals surface area (Å²) in [4.78, 5) is 16.1. The summed E-state index contributed by atoms with van der Waals surface area (Å²) in [6.07, 6.45) is 1.90. The summed E-state index contributed by atoms with van der Waals surface area (Å²) in [5.41, 5.74) is 17.7. The first kappa shape index (κ1) is 47.3. The van der Waals surface area contributed by atoms with Crippen molar-refractivity contribution in [1.82, 2.24) is 19.5 Å². The number of aromatic hydroxyl groups is 1. The number of aromatic nitrogens is 4. The van der Waals surface area contributed by atoms with Gasteiger partial charge in [0.05, 0.1) is 28.1 Å². The van der Waals surface area contributed by atoms with E-state index in [4.69, 9.17) is 19.4 Å². The molecule has 0 saturated heterocycles. The van der Waals surface area contributed by atoms with Crippen LogP contribution in [0.1, 0.15) is 52.7 Å². The first-order chi connectivity index (χ1) is 37.4. The van der Waals surface area contributed by atoms with Crippen LogP contribution in [0.15, 0.2) is 229 Å². The van der Waals surface area contributed by atoms with Crippen molar-refractivity contribution in [1.29, 1.82) is 0 Å². The first-order valence-corrected chi connectivity index (χ1v) is 26.4. The maximum Gasteiger partial charge on any atom is 0.227 e. The fourth-order valence-electron chi connectivity index (χ4n) is 11.1. The van der Waals surface area contributed by atoms with Crippen LogP contribution in [-0.4, -0.2) is 24.6 Å². The number of hydrogen-bond acceptors (Lipinski definition) is 5. The monoisotopic (exact) mass is 996 g/mol. The number of nitrogens with zero attached hydrogens (tertiary/aromatic N) is 4. The molecule has 6 nitrogen and oxygen atoms in total. The summed E-state index contributed by atoms with van der Waals surface area (Å²) in [6, 6.07) is 76.5. The maximum absolute atomic E-state index is 13.1. The molecule has 0 bridgehead atoms. The Morgan fingerprint density at radius 1 is 0.429 bits per heavy atom. The molecule has 13 aromatic rings. The first-order valence-electron chi connectivity index (χ1n) is 26.4. The van der Waals surface area contributed by atoms with Gasteiger partial charge in [0.2, 0.25) is 5.71 Å². The van der Waals surface area contributed by atoms with E-state index in [0.29, 0.717) is 22.7 Å². The molecule has 0 radical (unpaired) electrons. The van der Waals surface area contributed by atoms with E-state index in [0.717, 1.165) is 111 Å². The minimum atomic E-state index is -0.469. The molecule has 13 rings (SSSR count). The van der Waals surface area contributed by atoms with E-state index in [-0.39, 0.29) is 11.2 Å². The van der Waals surface area contributed by atoms with Crippen molar-refractivity contribution in [3.8, 4) is 89.8 Å². The van der Waals surface area contributed by atoms with Crippen LogP contribution in [0.3, 0.4) is 0 Å². The quantitative estimate of drug-likeness (QED) is 0.164. The van der Waals surface area contributed by atoms with Gasteiger partial charge in [-0.15, -0.1) is 0 Å². The summed E-state index contributed by atoms with van der Waals surface area (Å²) in [6.45, 7) is 13.2. The van der Waals surface area contributed by atoms with Crippen LogP contribution in [0.2, 0.25) is 0 Å². The lowest BCUT2D eigenvalue weighted by Gasteiger charge is -2.23. The van der Waals surface area contributed by atoms with E-state index < -0.39 is 5.41 Å². The number of hydrogen-bond donors (Lipinski definition) is 1. The molecule has 77 heavy (non-hydrogen) atoms. The summed E-state index contributed by atoms with van der Waals surface area (Å²) < 4.78 is 9.31. The number of benzene rings is 9. The molecule has 4 aromatic heterocycles. The Bertz CT molecular complexity index is 4410. The molecule has 0 fully saturated rings. The number of para-hydroxylation sites is 2. The standard InChI is InChI=1S/C71H56N4O2/c1-70(2,3)50-40-48(39-49(41-50)61-42-47(37-38-72-61)44-21-10-7-11-22-44)53-30-20-32-63-65(53)74-68(75(63)62-31-19-18-27-52(62)46-25-14-9-15-26-46)64-66(76)59(71(4,5)6)43-58-57-35-36-60(73-69(57)77-67(58)64)56-34-33-51(45-23-12-8-13-24-45)54-28-16-17-29-55(54)56/h7-43,76H,1-6H3. The van der Waals surface area contributed by atoms with Gasteiger partial charge in [-0.1, -0.05) is 205 Å². The molecule has 0 aliphatic heterocycles. The van der Waals surface area contributed by atoms with E-state index in [1.807, 2.05) is 24.4 Å². The maximum atomic E-state index is 13.1. The molecule has 4 heterocycles. The molecular formula is C71H56N4O2. The molecule has 0 amide bonds. The fourth-order valence-corrected chi connectivity index (χ4v) is 11.1. The Hall–Kier alpha value is -9.39. The van der Waals surface area contributed by atoms with Gasteiger partial charge >= 0.3 is 0 Å². The highest BCUT2D eigenvalue weighted by molar-refractivity contribution is 6.12.